The van der Waals surface area contributed by atoms with Crippen LogP contribution in [0.15, 0.2) is 35.0 Å². The molecule has 0 fully saturated rings. The average molecular weight is 227 g/mol. The van der Waals surface area contributed by atoms with Crippen LogP contribution in [-0.2, 0) is 4.79 Å². The van der Waals surface area contributed by atoms with E-state index in [0.29, 0.717) is 11.8 Å². The first kappa shape index (κ1) is 9.00. The maximum atomic E-state index is 10.4. The molecule has 0 saturated carbocycles. The Hall–Kier alpha value is -1.09. The Morgan fingerprint density at radius 3 is 2.33 bits per heavy atom. The van der Waals surface area contributed by atoms with Crippen LogP contribution in [0.25, 0.3) is 5.57 Å². The summed E-state index contributed by atoms with van der Waals surface area (Å²) in [5.74, 6) is 0. The Kier molecular flexibility index (Phi) is 3.05. The predicted molar refractivity (Wildman–Crippen MR) is 50.8 cm³/mol. The Morgan fingerprint density at radius 1 is 1.33 bits per heavy atom. The summed E-state index contributed by atoms with van der Waals surface area (Å²) in [5.41, 5.74) is 0.984. The molecule has 0 bridgehead atoms. The van der Waals surface area contributed by atoms with E-state index in [0.717, 1.165) is 10.7 Å². The van der Waals surface area contributed by atoms with Gasteiger partial charge in [0.05, 0.1) is 11.8 Å². The average Bonchev–Trinajstić information content (AvgIpc) is 2.10. The van der Waals surface area contributed by atoms with Crippen LogP contribution in [0.5, 0.6) is 0 Å². The van der Waals surface area contributed by atoms with Crippen molar-refractivity contribution >= 4 is 27.8 Å². The number of aliphatic hydroxyl groups excluding tert-OH is 1. The van der Waals surface area contributed by atoms with E-state index < -0.39 is 0 Å². The van der Waals surface area contributed by atoms with Gasteiger partial charge < -0.3 is 5.11 Å². The highest BCUT2D eigenvalue weighted by atomic mass is 79.9. The van der Waals surface area contributed by atoms with Gasteiger partial charge in [-0.2, -0.15) is 0 Å². The number of rotatable bonds is 2. The number of aliphatic hydroxyl groups is 1. The van der Waals surface area contributed by atoms with Crippen molar-refractivity contribution in [2.45, 2.75) is 0 Å². The maximum Gasteiger partial charge on any atom is 0.153 e. The van der Waals surface area contributed by atoms with Crippen molar-refractivity contribution in [3.8, 4) is 0 Å². The van der Waals surface area contributed by atoms with Gasteiger partial charge in [-0.05, 0) is 17.7 Å². The molecule has 0 atom stereocenters. The monoisotopic (exact) mass is 226 g/mol. The Balaban J connectivity index is 3.04. The number of allylic oxidation sites excluding steroid dienone is 1. The number of hydrogen-bond donors (Lipinski definition) is 1. The van der Waals surface area contributed by atoms with Gasteiger partial charge in [-0.1, -0.05) is 28.1 Å². The third kappa shape index (κ3) is 1.95. The second kappa shape index (κ2) is 4.07. The van der Waals surface area contributed by atoms with E-state index in [1.807, 2.05) is 12.1 Å². The summed E-state index contributed by atoms with van der Waals surface area (Å²) in [6.07, 6.45) is 1.42. The lowest BCUT2D eigenvalue weighted by atomic mass is 10.1. The Labute approximate surface area is 78.7 Å². The third-order valence-electron chi connectivity index (χ3n) is 1.44. The highest BCUT2D eigenvalue weighted by molar-refractivity contribution is 9.10. The minimum atomic E-state index is 0.280. The fourth-order valence-corrected chi connectivity index (χ4v) is 1.08. The van der Waals surface area contributed by atoms with Gasteiger partial charge in [0.2, 0.25) is 0 Å². The van der Waals surface area contributed by atoms with E-state index in [4.69, 9.17) is 5.11 Å². The lowest BCUT2D eigenvalue weighted by Gasteiger charge is -1.97. The van der Waals surface area contributed by atoms with Crippen LogP contribution in [0.2, 0.25) is 0 Å². The first-order valence-corrected chi connectivity index (χ1v) is 4.12. The van der Waals surface area contributed by atoms with Crippen molar-refractivity contribution in [2.24, 2.45) is 0 Å². The number of hydrogen-bond acceptors (Lipinski definition) is 2. The van der Waals surface area contributed by atoms with Crippen LogP contribution in [-0.4, -0.2) is 11.4 Å². The zero-order chi connectivity index (χ0) is 8.97. The summed E-state index contributed by atoms with van der Waals surface area (Å²) in [5, 5.41) is 8.64. The highest BCUT2D eigenvalue weighted by Gasteiger charge is 1.98. The summed E-state index contributed by atoms with van der Waals surface area (Å²) in [6, 6.07) is 7.12. The standard InChI is InChI=1S/C9H7BrO2/c10-9-3-1-7(2-4-9)8(5-11)6-12/h1-6,11H/b8-5+. The van der Waals surface area contributed by atoms with Crippen molar-refractivity contribution in [3.63, 3.8) is 0 Å². The van der Waals surface area contributed by atoms with Gasteiger partial charge in [0.15, 0.2) is 6.29 Å². The summed E-state index contributed by atoms with van der Waals surface area (Å²) < 4.78 is 0.939. The molecule has 0 saturated heterocycles. The van der Waals surface area contributed by atoms with Crippen LogP contribution in [0.1, 0.15) is 5.56 Å². The molecule has 0 heterocycles. The molecule has 62 valence electrons. The van der Waals surface area contributed by atoms with Gasteiger partial charge in [-0.15, -0.1) is 0 Å². The first-order chi connectivity index (χ1) is 5.77. The van der Waals surface area contributed by atoms with Crippen LogP contribution in [0, 0.1) is 0 Å². The van der Waals surface area contributed by atoms with Crippen molar-refractivity contribution in [1.29, 1.82) is 0 Å². The number of halogens is 1. The lowest BCUT2D eigenvalue weighted by molar-refractivity contribution is -0.103. The number of benzene rings is 1. The molecule has 12 heavy (non-hydrogen) atoms. The molecule has 0 aliphatic heterocycles. The third-order valence-corrected chi connectivity index (χ3v) is 1.97. The van der Waals surface area contributed by atoms with Crippen molar-refractivity contribution in [3.05, 3.63) is 40.6 Å². The van der Waals surface area contributed by atoms with E-state index in [-0.39, 0.29) is 5.57 Å². The molecule has 3 heteroatoms. The molecule has 1 aromatic carbocycles. The van der Waals surface area contributed by atoms with Gasteiger partial charge in [-0.25, -0.2) is 0 Å². The van der Waals surface area contributed by atoms with Gasteiger partial charge in [0, 0.05) is 4.47 Å². The molecule has 1 rings (SSSR count). The van der Waals surface area contributed by atoms with Gasteiger partial charge >= 0.3 is 0 Å². The van der Waals surface area contributed by atoms with E-state index in [9.17, 15) is 4.79 Å². The SMILES string of the molecule is O=C/C(=C\O)c1ccc(Br)cc1. The molecule has 0 radical (unpaired) electrons. The number of carbonyl (C=O) groups excluding carboxylic acids is 1. The predicted octanol–water partition coefficient (Wildman–Crippen LogP) is 2.55. The van der Waals surface area contributed by atoms with Crippen LogP contribution in [0.4, 0.5) is 0 Å². The van der Waals surface area contributed by atoms with Gasteiger partial charge in [0.1, 0.15) is 0 Å². The largest absolute Gasteiger partial charge is 0.515 e. The normalized spacial score (nSPS) is 11.2. The zero-order valence-corrected chi connectivity index (χ0v) is 7.78. The van der Waals surface area contributed by atoms with E-state index in [2.05, 4.69) is 15.9 Å². The quantitative estimate of drug-likeness (QED) is 0.478. The molecule has 0 unspecified atom stereocenters. The minimum absolute atomic E-state index is 0.280. The smallest absolute Gasteiger partial charge is 0.153 e. The molecule has 2 nitrogen and oxygen atoms in total. The zero-order valence-electron chi connectivity index (χ0n) is 6.20. The summed E-state index contributed by atoms with van der Waals surface area (Å²) in [7, 11) is 0. The Bertz CT molecular complexity index is 301. The van der Waals surface area contributed by atoms with Crippen LogP contribution in [0.3, 0.4) is 0 Å². The first-order valence-electron chi connectivity index (χ1n) is 3.33. The summed E-state index contributed by atoms with van der Waals surface area (Å²) in [6.45, 7) is 0. The molecule has 0 aliphatic carbocycles. The lowest BCUT2D eigenvalue weighted by Crippen LogP contribution is -1.84. The summed E-state index contributed by atoms with van der Waals surface area (Å²) in [4.78, 5) is 10.4. The topological polar surface area (TPSA) is 37.3 Å². The molecular weight excluding hydrogens is 220 g/mol. The van der Waals surface area contributed by atoms with Crippen molar-refractivity contribution in [1.82, 2.24) is 0 Å². The highest BCUT2D eigenvalue weighted by Crippen LogP contribution is 2.15. The van der Waals surface area contributed by atoms with E-state index in [1.165, 1.54) is 0 Å². The molecular formula is C9H7BrO2. The fraction of sp³-hybridized carbons (Fsp3) is 0. The van der Waals surface area contributed by atoms with Crippen molar-refractivity contribution in [2.75, 3.05) is 0 Å². The van der Waals surface area contributed by atoms with Gasteiger partial charge in [0.25, 0.3) is 0 Å². The van der Waals surface area contributed by atoms with Crippen LogP contribution < -0.4 is 0 Å². The molecule has 0 amide bonds. The molecule has 1 aromatic rings. The molecule has 0 spiro atoms. The molecule has 0 aliphatic rings. The molecule has 0 aromatic heterocycles. The van der Waals surface area contributed by atoms with Gasteiger partial charge in [-0.3, -0.25) is 4.79 Å². The Morgan fingerprint density at radius 2 is 1.92 bits per heavy atom. The van der Waals surface area contributed by atoms with E-state index >= 15 is 0 Å². The van der Waals surface area contributed by atoms with E-state index in [1.54, 1.807) is 12.1 Å². The minimum Gasteiger partial charge on any atom is -0.515 e. The second-order valence-electron chi connectivity index (χ2n) is 2.21. The number of carbonyl (C=O) groups is 1. The summed E-state index contributed by atoms with van der Waals surface area (Å²) >= 11 is 3.27. The second-order valence-corrected chi connectivity index (χ2v) is 3.12. The maximum absolute atomic E-state index is 10.4. The number of aldehydes is 1. The fourth-order valence-electron chi connectivity index (χ4n) is 0.815. The molecule has 1 N–H and O–H groups in total. The van der Waals surface area contributed by atoms with Crippen LogP contribution >= 0.6 is 15.9 Å². The van der Waals surface area contributed by atoms with Crippen molar-refractivity contribution < 1.29 is 9.90 Å².